The third-order valence-electron chi connectivity index (χ3n) is 5.48. The molecule has 0 spiro atoms. The molecule has 5 nitrogen and oxygen atoms in total. The van der Waals surface area contributed by atoms with E-state index in [9.17, 15) is 4.79 Å². The first kappa shape index (κ1) is 20.1. The number of anilines is 1. The van der Waals surface area contributed by atoms with Gasteiger partial charge in [-0.15, -0.1) is 0 Å². The molecule has 1 N–H and O–H groups in total. The molecule has 2 aromatic heterocycles. The summed E-state index contributed by atoms with van der Waals surface area (Å²) in [5.74, 6) is 5.26. The average Bonchev–Trinajstić information content (AvgIpc) is 2.81. The second-order valence-corrected chi connectivity index (χ2v) is 7.60. The van der Waals surface area contributed by atoms with Crippen LogP contribution in [0, 0.1) is 11.8 Å². The Kier molecular flexibility index (Phi) is 6.68. The van der Waals surface area contributed by atoms with Crippen molar-refractivity contribution in [3.63, 3.8) is 0 Å². The quantitative estimate of drug-likeness (QED) is 0.384. The van der Waals surface area contributed by atoms with E-state index in [-0.39, 0.29) is 0 Å². The maximum atomic E-state index is 10.4. The predicted molar refractivity (Wildman–Crippen MR) is 121 cm³/mol. The molecule has 0 radical (unpaired) electrons. The Labute approximate surface area is 177 Å². The fourth-order valence-corrected chi connectivity index (χ4v) is 3.91. The summed E-state index contributed by atoms with van der Waals surface area (Å²) in [5.41, 5.74) is 4.72. The minimum absolute atomic E-state index is 0.607. The summed E-state index contributed by atoms with van der Waals surface area (Å²) in [4.78, 5) is 22.1. The van der Waals surface area contributed by atoms with Gasteiger partial charge in [-0.3, -0.25) is 9.78 Å². The van der Waals surface area contributed by atoms with Gasteiger partial charge in [0.15, 0.2) is 6.29 Å². The highest BCUT2D eigenvalue weighted by Gasteiger charge is 2.10. The molecule has 1 saturated heterocycles. The first-order chi connectivity index (χ1) is 14.8. The van der Waals surface area contributed by atoms with Gasteiger partial charge in [0.2, 0.25) is 0 Å². The average molecular weight is 399 g/mol. The summed E-state index contributed by atoms with van der Waals surface area (Å²) in [6.07, 6.45) is 9.40. The van der Waals surface area contributed by atoms with Crippen LogP contribution in [0.4, 0.5) is 5.69 Å². The number of carbonyl (C=O) groups is 1. The Morgan fingerprint density at radius 1 is 1.10 bits per heavy atom. The zero-order valence-corrected chi connectivity index (χ0v) is 17.1. The molecule has 30 heavy (non-hydrogen) atoms. The van der Waals surface area contributed by atoms with Crippen LogP contribution in [0.2, 0.25) is 0 Å². The molecule has 0 amide bonds. The molecule has 0 unspecified atom stereocenters. The molecule has 0 aliphatic carbocycles. The van der Waals surface area contributed by atoms with Crippen LogP contribution in [-0.2, 0) is 4.79 Å². The van der Waals surface area contributed by atoms with Crippen molar-refractivity contribution in [2.24, 2.45) is 0 Å². The molecule has 4 rings (SSSR count). The lowest BCUT2D eigenvalue weighted by atomic mass is 10.1. The van der Waals surface area contributed by atoms with Crippen molar-refractivity contribution in [3.05, 3.63) is 54.4 Å². The standard InChI is InChI=1S/C25H26N4O/c30-17-4-6-20-7-9-21(10-8-20)24-18-25(22-19-26-13-11-23(22)28-24)27-12-5-16-29-14-2-1-3-15-29/h7-11,13,17-19H,1-3,5,12,14-16H2,(H,27,28). The highest BCUT2D eigenvalue weighted by Crippen LogP contribution is 2.28. The first-order valence-electron chi connectivity index (χ1n) is 10.6. The van der Waals surface area contributed by atoms with Crippen LogP contribution in [0.1, 0.15) is 31.2 Å². The van der Waals surface area contributed by atoms with Gasteiger partial charge in [-0.2, -0.15) is 0 Å². The van der Waals surface area contributed by atoms with Gasteiger partial charge in [0.25, 0.3) is 0 Å². The zero-order valence-electron chi connectivity index (χ0n) is 17.1. The SMILES string of the molecule is O=CC#Cc1ccc(-c2cc(NCCCN3CCCCC3)c3cnccc3n2)cc1. The molecule has 1 aromatic carbocycles. The van der Waals surface area contributed by atoms with Crippen molar-refractivity contribution < 1.29 is 4.79 Å². The van der Waals surface area contributed by atoms with Crippen LogP contribution in [0.25, 0.3) is 22.2 Å². The van der Waals surface area contributed by atoms with Crippen molar-refractivity contribution in [1.82, 2.24) is 14.9 Å². The van der Waals surface area contributed by atoms with Crippen molar-refractivity contribution in [2.75, 3.05) is 31.5 Å². The summed E-state index contributed by atoms with van der Waals surface area (Å²) in [5, 5.41) is 4.64. The smallest absolute Gasteiger partial charge is 0.193 e. The largest absolute Gasteiger partial charge is 0.384 e. The number of piperidine rings is 1. The second kappa shape index (κ2) is 10.00. The molecule has 1 aliphatic rings. The van der Waals surface area contributed by atoms with Gasteiger partial charge in [0.1, 0.15) is 0 Å². The Balaban J connectivity index is 1.51. The van der Waals surface area contributed by atoms with E-state index in [1.165, 1.54) is 32.4 Å². The summed E-state index contributed by atoms with van der Waals surface area (Å²) in [7, 11) is 0. The number of nitrogens with one attached hydrogen (secondary N) is 1. The Morgan fingerprint density at radius 2 is 1.93 bits per heavy atom. The maximum Gasteiger partial charge on any atom is 0.193 e. The minimum atomic E-state index is 0.607. The Bertz CT molecular complexity index is 1060. The van der Waals surface area contributed by atoms with Crippen molar-refractivity contribution >= 4 is 22.9 Å². The number of carbonyl (C=O) groups excluding carboxylic acids is 1. The summed E-state index contributed by atoms with van der Waals surface area (Å²) < 4.78 is 0. The molecule has 3 heterocycles. The number of hydrogen-bond donors (Lipinski definition) is 1. The van der Waals surface area contributed by atoms with E-state index < -0.39 is 0 Å². The van der Waals surface area contributed by atoms with E-state index in [1.54, 1.807) is 6.20 Å². The maximum absolute atomic E-state index is 10.4. The van der Waals surface area contributed by atoms with Gasteiger partial charge in [-0.1, -0.05) is 24.5 Å². The van der Waals surface area contributed by atoms with E-state index in [0.29, 0.717) is 6.29 Å². The van der Waals surface area contributed by atoms with Crippen LogP contribution in [0.5, 0.6) is 0 Å². The molecule has 0 bridgehead atoms. The number of benzene rings is 1. The number of aromatic nitrogens is 2. The molecule has 5 heteroatoms. The van der Waals surface area contributed by atoms with E-state index in [1.807, 2.05) is 36.5 Å². The number of aldehydes is 1. The number of pyridine rings is 2. The highest BCUT2D eigenvalue weighted by molar-refractivity contribution is 5.93. The number of rotatable bonds is 6. The fraction of sp³-hybridized carbons (Fsp3) is 0.320. The third kappa shape index (κ3) is 5.03. The lowest BCUT2D eigenvalue weighted by molar-refractivity contribution is -0.103. The fourth-order valence-electron chi connectivity index (χ4n) is 3.91. The summed E-state index contributed by atoms with van der Waals surface area (Å²) >= 11 is 0. The van der Waals surface area contributed by atoms with E-state index in [4.69, 9.17) is 4.98 Å². The summed E-state index contributed by atoms with van der Waals surface area (Å²) in [6.45, 7) is 4.54. The van der Waals surface area contributed by atoms with E-state index in [2.05, 4.69) is 33.1 Å². The molecule has 1 aliphatic heterocycles. The minimum Gasteiger partial charge on any atom is -0.384 e. The van der Waals surface area contributed by atoms with Gasteiger partial charge < -0.3 is 10.2 Å². The van der Waals surface area contributed by atoms with Crippen LogP contribution < -0.4 is 5.32 Å². The predicted octanol–water partition coefficient (Wildman–Crippen LogP) is 4.14. The molecule has 0 saturated carbocycles. The van der Waals surface area contributed by atoms with Crippen LogP contribution >= 0.6 is 0 Å². The number of hydrogen-bond acceptors (Lipinski definition) is 5. The molecule has 3 aromatic rings. The Morgan fingerprint density at radius 3 is 2.73 bits per heavy atom. The van der Waals surface area contributed by atoms with Crippen molar-refractivity contribution in [2.45, 2.75) is 25.7 Å². The number of fused-ring (bicyclic) bond motifs is 1. The topological polar surface area (TPSA) is 58.1 Å². The molecular weight excluding hydrogens is 372 g/mol. The summed E-state index contributed by atoms with van der Waals surface area (Å²) in [6, 6.07) is 11.8. The highest BCUT2D eigenvalue weighted by atomic mass is 16.1. The molecular formula is C25H26N4O. The molecule has 152 valence electrons. The van der Waals surface area contributed by atoms with Gasteiger partial charge in [0.05, 0.1) is 11.2 Å². The van der Waals surface area contributed by atoms with E-state index >= 15 is 0 Å². The third-order valence-corrected chi connectivity index (χ3v) is 5.48. The normalized spacial score (nSPS) is 14.1. The van der Waals surface area contributed by atoms with Crippen molar-refractivity contribution in [3.8, 4) is 23.1 Å². The first-order valence-corrected chi connectivity index (χ1v) is 10.6. The van der Waals surface area contributed by atoms with Crippen molar-refractivity contribution in [1.29, 1.82) is 0 Å². The molecule has 1 fully saturated rings. The number of nitrogens with zero attached hydrogens (tertiary/aromatic N) is 3. The van der Waals surface area contributed by atoms with Crippen LogP contribution in [-0.4, -0.2) is 47.3 Å². The van der Waals surface area contributed by atoms with Crippen LogP contribution in [0.15, 0.2) is 48.8 Å². The van der Waals surface area contributed by atoms with Gasteiger partial charge in [0, 0.05) is 41.1 Å². The van der Waals surface area contributed by atoms with Crippen LogP contribution in [0.3, 0.4) is 0 Å². The van der Waals surface area contributed by atoms with Gasteiger partial charge >= 0.3 is 0 Å². The van der Waals surface area contributed by atoms with Gasteiger partial charge in [-0.05, 0) is 69.1 Å². The zero-order chi connectivity index (χ0) is 20.6. The number of likely N-dealkylation sites (tertiary alicyclic amines) is 1. The lowest BCUT2D eigenvalue weighted by Crippen LogP contribution is -2.31. The second-order valence-electron chi connectivity index (χ2n) is 7.60. The molecule has 0 atom stereocenters. The lowest BCUT2D eigenvalue weighted by Gasteiger charge is -2.26. The van der Waals surface area contributed by atoms with E-state index in [0.717, 1.165) is 52.9 Å². The monoisotopic (exact) mass is 398 g/mol. The van der Waals surface area contributed by atoms with Gasteiger partial charge in [-0.25, -0.2) is 4.98 Å². The Hall–Kier alpha value is -3.23.